The molecule has 29 valence electrons. The van der Waals surface area contributed by atoms with Crippen molar-refractivity contribution in [2.75, 3.05) is 0 Å². The maximum absolute atomic E-state index is 4.86. The zero-order valence-electron chi connectivity index (χ0n) is 3.65. The van der Waals surface area contributed by atoms with Crippen LogP contribution in [0.5, 0.6) is 0 Å². The van der Waals surface area contributed by atoms with Gasteiger partial charge in [0.15, 0.2) is 0 Å². The quantitative estimate of drug-likeness (QED) is 0.198. The van der Waals surface area contributed by atoms with Gasteiger partial charge in [0.25, 0.3) is 0 Å². The van der Waals surface area contributed by atoms with Gasteiger partial charge in [0.2, 0.25) is 7.28 Å². The Bertz CT molecular complexity index is 68.5. The van der Waals surface area contributed by atoms with Crippen LogP contribution >= 0.6 is 0 Å². The summed E-state index contributed by atoms with van der Waals surface area (Å²) in [6, 6.07) is 0. The zero-order valence-corrected chi connectivity index (χ0v) is 3.65. The second-order valence-corrected chi connectivity index (χ2v) is 0.895. The van der Waals surface area contributed by atoms with Gasteiger partial charge in [-0.15, -0.1) is 13.0 Å². The van der Waals surface area contributed by atoms with Gasteiger partial charge in [-0.1, -0.05) is 6.08 Å². The highest BCUT2D eigenvalue weighted by molar-refractivity contribution is 6.46. The van der Waals surface area contributed by atoms with Crippen molar-refractivity contribution in [3.63, 3.8) is 0 Å². The molecule has 0 aromatic carbocycles. The summed E-state index contributed by atoms with van der Waals surface area (Å²) in [6.07, 6.45) is 7.44. The van der Waals surface area contributed by atoms with Gasteiger partial charge in [-0.05, 0) is 6.32 Å². The van der Waals surface area contributed by atoms with Gasteiger partial charge in [0.05, 0.1) is 0 Å². The molecular weight excluding hydrogens is 70.9 g/mol. The van der Waals surface area contributed by atoms with Crippen LogP contribution in [0, 0.1) is 12.2 Å². The predicted molar refractivity (Wildman–Crippen MR) is 29.6 cm³/mol. The molecule has 0 aliphatic carbocycles. The topological polar surface area (TPSA) is 0 Å². The van der Waals surface area contributed by atoms with Crippen molar-refractivity contribution in [3.05, 3.63) is 12.7 Å². The van der Waals surface area contributed by atoms with E-state index in [4.69, 9.17) is 6.42 Å². The lowest BCUT2D eigenvalue weighted by Crippen LogP contribution is -1.75. The average molecular weight is 76.9 g/mol. The second-order valence-electron chi connectivity index (χ2n) is 0.895. The Morgan fingerprint density at radius 2 is 2.67 bits per heavy atom. The molecule has 0 fully saturated rings. The summed E-state index contributed by atoms with van der Waals surface area (Å²) in [7, 11) is 1.72. The lowest BCUT2D eigenvalue weighted by molar-refractivity contribution is 1.74. The van der Waals surface area contributed by atoms with Crippen LogP contribution in [0.4, 0.5) is 0 Å². The molecule has 0 N–H and O–H groups in total. The Labute approximate surface area is 39.5 Å². The molecular formula is C5H6B. The van der Waals surface area contributed by atoms with Crippen molar-refractivity contribution in [1.29, 1.82) is 0 Å². The first-order valence-corrected chi connectivity index (χ1v) is 1.80. The Morgan fingerprint density at radius 1 is 2.00 bits per heavy atom. The molecule has 0 saturated heterocycles. The van der Waals surface area contributed by atoms with Crippen molar-refractivity contribution >= 4 is 7.28 Å². The highest BCUT2D eigenvalue weighted by Crippen LogP contribution is 1.72. The summed E-state index contributed by atoms with van der Waals surface area (Å²) in [6.45, 7) is 3.47. The first-order valence-electron chi connectivity index (χ1n) is 1.80. The summed E-state index contributed by atoms with van der Waals surface area (Å²) < 4.78 is 0. The molecule has 0 spiro atoms. The number of allylic oxidation sites excluding steroid dienone is 1. The van der Waals surface area contributed by atoms with Crippen LogP contribution in [-0.4, -0.2) is 7.28 Å². The van der Waals surface area contributed by atoms with Gasteiger partial charge in [-0.3, -0.25) is 0 Å². The van der Waals surface area contributed by atoms with E-state index in [9.17, 15) is 0 Å². The fourth-order valence-corrected chi connectivity index (χ4v) is 0.151. The second kappa shape index (κ2) is 4.36. The van der Waals surface area contributed by atoms with E-state index >= 15 is 0 Å². The van der Waals surface area contributed by atoms with Crippen LogP contribution in [0.25, 0.3) is 0 Å². The molecule has 6 heavy (non-hydrogen) atoms. The van der Waals surface area contributed by atoms with Gasteiger partial charge >= 0.3 is 0 Å². The summed E-state index contributed by atoms with van der Waals surface area (Å²) in [4.78, 5) is 0. The SMILES string of the molecule is C#C[B]CC=C. The van der Waals surface area contributed by atoms with Gasteiger partial charge < -0.3 is 0 Å². The monoisotopic (exact) mass is 77.1 g/mol. The van der Waals surface area contributed by atoms with E-state index in [0.717, 1.165) is 6.32 Å². The highest BCUT2D eigenvalue weighted by Gasteiger charge is 1.71. The standard InChI is InChI=1S/C5H6B/c1-3-5-6-4-2/h2-3H,1,5H2. The van der Waals surface area contributed by atoms with E-state index in [1.807, 2.05) is 0 Å². The Kier molecular flexibility index (Phi) is 3.90. The molecule has 0 unspecified atom stereocenters. The predicted octanol–water partition coefficient (Wildman–Crippen LogP) is 0.886. The fourth-order valence-electron chi connectivity index (χ4n) is 0.151. The number of hydrogen-bond donors (Lipinski definition) is 0. The molecule has 0 bridgehead atoms. The molecule has 0 aliphatic heterocycles. The van der Waals surface area contributed by atoms with Crippen LogP contribution in [0.1, 0.15) is 0 Å². The molecule has 0 aromatic rings. The smallest absolute Gasteiger partial charge is 0.166 e. The third-order valence-electron chi connectivity index (χ3n) is 0.402. The number of terminal acetylenes is 1. The Hall–Kier alpha value is -0.635. The van der Waals surface area contributed by atoms with Crippen LogP contribution in [0.3, 0.4) is 0 Å². The van der Waals surface area contributed by atoms with E-state index in [0.29, 0.717) is 0 Å². The highest BCUT2D eigenvalue weighted by atomic mass is 13.5. The zero-order chi connectivity index (χ0) is 4.83. The Balaban J connectivity index is 2.72. The molecule has 0 atom stereocenters. The molecule has 1 radical (unpaired) electrons. The maximum atomic E-state index is 4.86. The van der Waals surface area contributed by atoms with Crippen molar-refractivity contribution in [2.45, 2.75) is 6.32 Å². The van der Waals surface area contributed by atoms with E-state index in [-0.39, 0.29) is 0 Å². The minimum atomic E-state index is 0.816. The van der Waals surface area contributed by atoms with Gasteiger partial charge in [-0.25, -0.2) is 0 Å². The van der Waals surface area contributed by atoms with Crippen molar-refractivity contribution in [1.82, 2.24) is 0 Å². The molecule has 0 aliphatic rings. The van der Waals surface area contributed by atoms with Crippen LogP contribution in [-0.2, 0) is 0 Å². The van der Waals surface area contributed by atoms with Gasteiger partial charge in [-0.2, -0.15) is 5.82 Å². The molecule has 0 aromatic heterocycles. The molecule has 0 amide bonds. The van der Waals surface area contributed by atoms with Crippen molar-refractivity contribution in [2.24, 2.45) is 0 Å². The summed E-state index contributed by atoms with van der Waals surface area (Å²) >= 11 is 0. The van der Waals surface area contributed by atoms with Gasteiger partial charge in [0.1, 0.15) is 0 Å². The van der Waals surface area contributed by atoms with E-state index in [1.165, 1.54) is 0 Å². The van der Waals surface area contributed by atoms with Crippen LogP contribution in [0.2, 0.25) is 6.32 Å². The normalized spacial score (nSPS) is 5.83. The van der Waals surface area contributed by atoms with E-state index in [1.54, 1.807) is 13.4 Å². The van der Waals surface area contributed by atoms with Crippen molar-refractivity contribution in [3.8, 4) is 12.2 Å². The molecule has 0 nitrogen and oxygen atoms in total. The van der Waals surface area contributed by atoms with E-state index in [2.05, 4.69) is 12.4 Å². The van der Waals surface area contributed by atoms with Crippen molar-refractivity contribution < 1.29 is 0 Å². The minimum absolute atomic E-state index is 0.816. The lowest BCUT2D eigenvalue weighted by Gasteiger charge is -1.69. The number of rotatable bonds is 2. The first-order chi connectivity index (χ1) is 2.91. The fraction of sp³-hybridized carbons (Fsp3) is 0.200. The van der Waals surface area contributed by atoms with Crippen LogP contribution < -0.4 is 0 Å². The number of hydrogen-bond acceptors (Lipinski definition) is 0. The average Bonchev–Trinajstić information content (AvgIpc) is 1.61. The molecule has 0 rings (SSSR count). The molecule has 0 saturated carbocycles. The summed E-state index contributed by atoms with van der Waals surface area (Å²) in [5.41, 5.74) is 0. The van der Waals surface area contributed by atoms with Crippen LogP contribution in [0.15, 0.2) is 12.7 Å². The van der Waals surface area contributed by atoms with Gasteiger partial charge in [0, 0.05) is 0 Å². The maximum Gasteiger partial charge on any atom is 0.219 e. The third-order valence-corrected chi connectivity index (χ3v) is 0.402. The lowest BCUT2D eigenvalue weighted by atomic mass is 9.77. The Morgan fingerprint density at radius 3 is 2.83 bits per heavy atom. The summed E-state index contributed by atoms with van der Waals surface area (Å²) in [5, 5.41) is 0. The van der Waals surface area contributed by atoms with E-state index < -0.39 is 0 Å². The first kappa shape index (κ1) is 5.36. The molecule has 0 heterocycles. The third kappa shape index (κ3) is 3.36. The molecule has 1 heteroatoms. The summed E-state index contributed by atoms with van der Waals surface area (Å²) in [5.74, 6) is 2.37. The minimum Gasteiger partial charge on any atom is -0.166 e. The largest absolute Gasteiger partial charge is 0.219 e.